The fourth-order valence-electron chi connectivity index (χ4n) is 2.36. The van der Waals surface area contributed by atoms with Crippen LogP contribution in [-0.4, -0.2) is 21.6 Å². The summed E-state index contributed by atoms with van der Waals surface area (Å²) in [6.07, 6.45) is 4.60. The van der Waals surface area contributed by atoms with Gasteiger partial charge in [-0.15, -0.1) is 0 Å². The van der Waals surface area contributed by atoms with E-state index < -0.39 is 0 Å². The van der Waals surface area contributed by atoms with Crippen LogP contribution in [0.3, 0.4) is 0 Å². The van der Waals surface area contributed by atoms with Crippen LogP contribution in [0, 0.1) is 16.7 Å². The maximum atomic E-state index is 12.4. The lowest BCUT2D eigenvalue weighted by Crippen LogP contribution is -2.13. The van der Waals surface area contributed by atoms with E-state index in [0.29, 0.717) is 28.1 Å². The summed E-state index contributed by atoms with van der Waals surface area (Å²) in [4.78, 5) is 20.2. The van der Waals surface area contributed by atoms with Gasteiger partial charge in [-0.3, -0.25) is 15.2 Å². The molecule has 2 aromatic heterocycles. The normalized spacial score (nSPS) is 9.96. The third-order valence-electron chi connectivity index (χ3n) is 3.69. The number of nitrogens with two attached hydrogens (primary N) is 1. The lowest BCUT2D eigenvalue weighted by atomic mass is 10.0. The number of hydrogen-bond acceptors (Lipinski definition) is 6. The SMILES string of the molecule is N#Cc1cc(C(=O)Nc2ccc(N)c(C(=N)c3ccncc3)c2)ccn1. The zero-order valence-corrected chi connectivity index (χ0v) is 13.6. The molecule has 126 valence electrons. The van der Waals surface area contributed by atoms with Gasteiger partial charge in [0.05, 0.1) is 5.71 Å². The number of nitriles is 1. The van der Waals surface area contributed by atoms with Gasteiger partial charge in [-0.05, 0) is 42.5 Å². The van der Waals surface area contributed by atoms with Gasteiger partial charge in [0.1, 0.15) is 11.8 Å². The quantitative estimate of drug-likeness (QED) is 0.496. The third-order valence-corrected chi connectivity index (χ3v) is 3.69. The number of nitrogens with zero attached hydrogens (tertiary/aromatic N) is 3. The molecule has 0 aliphatic rings. The van der Waals surface area contributed by atoms with Crippen molar-refractivity contribution in [2.24, 2.45) is 0 Å². The number of carbonyl (C=O) groups is 1. The van der Waals surface area contributed by atoms with Gasteiger partial charge in [-0.25, -0.2) is 4.98 Å². The zero-order chi connectivity index (χ0) is 18.5. The topological polar surface area (TPSA) is 129 Å². The predicted octanol–water partition coefficient (Wildman–Crippen LogP) is 2.60. The highest BCUT2D eigenvalue weighted by atomic mass is 16.1. The second-order valence-corrected chi connectivity index (χ2v) is 5.41. The minimum atomic E-state index is -0.380. The minimum absolute atomic E-state index is 0.162. The van der Waals surface area contributed by atoms with Crippen LogP contribution >= 0.6 is 0 Å². The molecule has 3 aromatic rings. The van der Waals surface area contributed by atoms with E-state index in [1.807, 2.05) is 6.07 Å². The fourth-order valence-corrected chi connectivity index (χ4v) is 2.36. The molecule has 26 heavy (non-hydrogen) atoms. The third kappa shape index (κ3) is 3.55. The Kier molecular flexibility index (Phi) is 4.67. The van der Waals surface area contributed by atoms with Crippen LogP contribution in [0.2, 0.25) is 0 Å². The van der Waals surface area contributed by atoms with Crippen molar-refractivity contribution in [1.82, 2.24) is 9.97 Å². The van der Waals surface area contributed by atoms with Gasteiger partial charge in [0.25, 0.3) is 5.91 Å². The molecule has 3 rings (SSSR count). The molecule has 0 bridgehead atoms. The van der Waals surface area contributed by atoms with Crippen LogP contribution in [0.25, 0.3) is 0 Å². The monoisotopic (exact) mass is 342 g/mol. The Balaban J connectivity index is 1.87. The molecule has 7 nitrogen and oxygen atoms in total. The molecule has 0 unspecified atom stereocenters. The Morgan fingerprint density at radius 3 is 2.54 bits per heavy atom. The van der Waals surface area contributed by atoms with Gasteiger partial charge in [0.15, 0.2) is 0 Å². The maximum Gasteiger partial charge on any atom is 0.255 e. The second kappa shape index (κ2) is 7.23. The number of rotatable bonds is 4. The summed E-state index contributed by atoms with van der Waals surface area (Å²) in [6, 6.07) is 13.2. The van der Waals surface area contributed by atoms with E-state index in [0.717, 1.165) is 0 Å². The molecule has 0 spiro atoms. The van der Waals surface area contributed by atoms with Crippen LogP contribution in [-0.2, 0) is 0 Å². The van der Waals surface area contributed by atoms with Gasteiger partial charge in [-0.2, -0.15) is 5.26 Å². The van der Waals surface area contributed by atoms with Crippen molar-refractivity contribution in [3.8, 4) is 6.07 Å². The first-order chi connectivity index (χ1) is 12.6. The summed E-state index contributed by atoms with van der Waals surface area (Å²) in [7, 11) is 0. The first kappa shape index (κ1) is 16.8. The molecule has 0 saturated heterocycles. The Morgan fingerprint density at radius 1 is 1.08 bits per heavy atom. The molecule has 0 aliphatic carbocycles. The number of nitrogens with one attached hydrogen (secondary N) is 2. The average molecular weight is 342 g/mol. The lowest BCUT2D eigenvalue weighted by Gasteiger charge is -2.11. The summed E-state index contributed by atoms with van der Waals surface area (Å²) in [5.41, 5.74) is 8.80. The van der Waals surface area contributed by atoms with Crippen LogP contribution in [0.5, 0.6) is 0 Å². The van der Waals surface area contributed by atoms with Gasteiger partial charge >= 0.3 is 0 Å². The molecule has 0 saturated carbocycles. The highest BCUT2D eigenvalue weighted by molar-refractivity contribution is 6.14. The molecule has 2 heterocycles. The molecule has 1 aromatic carbocycles. The summed E-state index contributed by atoms with van der Waals surface area (Å²) in [5.74, 6) is -0.380. The Bertz CT molecular complexity index is 1020. The number of amides is 1. The van der Waals surface area contributed by atoms with E-state index in [2.05, 4.69) is 15.3 Å². The number of nitrogen functional groups attached to an aromatic ring is 1. The molecule has 0 fully saturated rings. The van der Waals surface area contributed by atoms with Crippen LogP contribution < -0.4 is 11.1 Å². The molecule has 4 N–H and O–H groups in total. The summed E-state index contributed by atoms with van der Waals surface area (Å²) < 4.78 is 0. The van der Waals surface area contributed by atoms with Crippen LogP contribution in [0.1, 0.15) is 27.2 Å². The number of carbonyl (C=O) groups excluding carboxylic acids is 1. The minimum Gasteiger partial charge on any atom is -0.398 e. The Labute approximate surface area is 149 Å². The number of benzene rings is 1. The number of hydrogen-bond donors (Lipinski definition) is 3. The summed E-state index contributed by atoms with van der Waals surface area (Å²) >= 11 is 0. The van der Waals surface area contributed by atoms with Crippen molar-refractivity contribution < 1.29 is 4.79 Å². The molecule has 0 atom stereocenters. The van der Waals surface area contributed by atoms with Crippen molar-refractivity contribution in [3.63, 3.8) is 0 Å². The largest absolute Gasteiger partial charge is 0.398 e. The van der Waals surface area contributed by atoms with E-state index in [9.17, 15) is 4.79 Å². The smallest absolute Gasteiger partial charge is 0.255 e. The summed E-state index contributed by atoms with van der Waals surface area (Å²) in [6.45, 7) is 0. The first-order valence-corrected chi connectivity index (χ1v) is 7.65. The van der Waals surface area contributed by atoms with E-state index in [1.165, 1.54) is 18.3 Å². The van der Waals surface area contributed by atoms with Gasteiger partial charge in [-0.1, -0.05) is 0 Å². The van der Waals surface area contributed by atoms with E-state index >= 15 is 0 Å². The van der Waals surface area contributed by atoms with Crippen molar-refractivity contribution in [3.05, 3.63) is 83.4 Å². The van der Waals surface area contributed by atoms with E-state index in [-0.39, 0.29) is 17.3 Å². The number of aromatic nitrogens is 2. The maximum absolute atomic E-state index is 12.4. The molecule has 0 aliphatic heterocycles. The standard InChI is InChI=1S/C19H14N6O/c20-11-15-9-13(5-8-24-15)19(26)25-14-1-2-17(21)16(10-14)18(22)12-3-6-23-7-4-12/h1-10,22H,21H2,(H,25,26). The first-order valence-electron chi connectivity index (χ1n) is 7.65. The lowest BCUT2D eigenvalue weighted by molar-refractivity contribution is 0.102. The van der Waals surface area contributed by atoms with Crippen molar-refractivity contribution in [2.45, 2.75) is 0 Å². The Morgan fingerprint density at radius 2 is 1.81 bits per heavy atom. The van der Waals surface area contributed by atoms with Crippen molar-refractivity contribution in [1.29, 1.82) is 10.7 Å². The zero-order valence-electron chi connectivity index (χ0n) is 13.6. The van der Waals surface area contributed by atoms with Crippen LogP contribution in [0.4, 0.5) is 11.4 Å². The van der Waals surface area contributed by atoms with Crippen molar-refractivity contribution >= 4 is 23.0 Å². The average Bonchev–Trinajstić information content (AvgIpc) is 2.69. The second-order valence-electron chi connectivity index (χ2n) is 5.41. The predicted molar refractivity (Wildman–Crippen MR) is 97.9 cm³/mol. The number of anilines is 2. The summed E-state index contributed by atoms with van der Waals surface area (Å²) in [5, 5.41) is 20.0. The molecule has 0 radical (unpaired) electrons. The highest BCUT2D eigenvalue weighted by Gasteiger charge is 2.12. The van der Waals surface area contributed by atoms with Gasteiger partial charge < -0.3 is 11.1 Å². The van der Waals surface area contributed by atoms with Crippen LogP contribution in [0.15, 0.2) is 61.1 Å². The highest BCUT2D eigenvalue weighted by Crippen LogP contribution is 2.21. The van der Waals surface area contributed by atoms with Gasteiger partial charge in [0.2, 0.25) is 0 Å². The van der Waals surface area contributed by atoms with E-state index in [1.54, 1.807) is 42.7 Å². The Hall–Kier alpha value is -4.05. The molecule has 7 heteroatoms. The molecule has 1 amide bonds. The van der Waals surface area contributed by atoms with Gasteiger partial charge in [0, 0.05) is 46.7 Å². The number of pyridine rings is 2. The van der Waals surface area contributed by atoms with Crippen molar-refractivity contribution in [2.75, 3.05) is 11.1 Å². The van der Waals surface area contributed by atoms with E-state index in [4.69, 9.17) is 16.4 Å². The molecular weight excluding hydrogens is 328 g/mol. The molecular formula is C19H14N6O. The fraction of sp³-hybridized carbons (Fsp3) is 0.